The fourth-order valence-electron chi connectivity index (χ4n) is 3.07. The van der Waals surface area contributed by atoms with Crippen molar-refractivity contribution in [2.24, 2.45) is 5.73 Å². The number of nitrogens with one attached hydrogen (secondary N) is 1. The first kappa shape index (κ1) is 21.3. The summed E-state index contributed by atoms with van der Waals surface area (Å²) in [6.45, 7) is 2.24. The Morgan fingerprint density at radius 3 is 2.54 bits per heavy atom. The summed E-state index contributed by atoms with van der Waals surface area (Å²) in [5, 5.41) is 13.4. The summed E-state index contributed by atoms with van der Waals surface area (Å²) >= 11 is 0. The van der Waals surface area contributed by atoms with Gasteiger partial charge in [-0.15, -0.1) is 0 Å². The molecule has 0 spiro atoms. The van der Waals surface area contributed by atoms with Crippen LogP contribution in [-0.4, -0.2) is 48.1 Å². The Balaban J connectivity index is 2.29. The molecule has 1 aliphatic rings. The lowest BCUT2D eigenvalue weighted by Gasteiger charge is -2.26. The van der Waals surface area contributed by atoms with E-state index in [1.54, 1.807) is 6.92 Å². The van der Waals surface area contributed by atoms with Crippen LogP contribution in [0.3, 0.4) is 0 Å². The first-order valence-corrected chi connectivity index (χ1v) is 8.94. The molecule has 28 heavy (non-hydrogen) atoms. The van der Waals surface area contributed by atoms with Gasteiger partial charge in [-0.2, -0.15) is 0 Å². The number of rotatable bonds is 9. The second-order valence-corrected chi connectivity index (χ2v) is 6.35. The maximum atomic E-state index is 12.4. The lowest BCUT2D eigenvalue weighted by molar-refractivity contribution is -0.384. The number of esters is 1. The summed E-state index contributed by atoms with van der Waals surface area (Å²) in [4.78, 5) is 46.8. The first-order chi connectivity index (χ1) is 13.3. The molecule has 0 bridgehead atoms. The van der Waals surface area contributed by atoms with Gasteiger partial charge in [0.15, 0.2) is 0 Å². The van der Waals surface area contributed by atoms with E-state index in [0.29, 0.717) is 18.6 Å². The van der Waals surface area contributed by atoms with E-state index in [9.17, 15) is 24.5 Å². The second kappa shape index (κ2) is 9.79. The van der Waals surface area contributed by atoms with Crippen LogP contribution >= 0.6 is 0 Å². The summed E-state index contributed by atoms with van der Waals surface area (Å²) in [5.41, 5.74) is 5.79. The van der Waals surface area contributed by atoms with E-state index in [2.05, 4.69) is 5.32 Å². The molecule has 1 fully saturated rings. The zero-order chi connectivity index (χ0) is 20.7. The molecule has 1 heterocycles. The fraction of sp³-hybridized carbons (Fsp3) is 0.500. The van der Waals surface area contributed by atoms with Crippen molar-refractivity contribution < 1.29 is 28.8 Å². The number of hydrogen-bond acceptors (Lipinski definition) is 7. The number of nitrogens with zero attached hydrogens (tertiary/aromatic N) is 1. The second-order valence-electron chi connectivity index (χ2n) is 6.35. The molecule has 2 amide bonds. The Kier molecular flexibility index (Phi) is 7.44. The Morgan fingerprint density at radius 1 is 1.36 bits per heavy atom. The van der Waals surface area contributed by atoms with Gasteiger partial charge in [0.1, 0.15) is 12.1 Å². The number of non-ortho nitro benzene ring substituents is 1. The van der Waals surface area contributed by atoms with Crippen molar-refractivity contribution >= 4 is 23.5 Å². The van der Waals surface area contributed by atoms with Crippen molar-refractivity contribution in [3.8, 4) is 0 Å². The van der Waals surface area contributed by atoms with Gasteiger partial charge in [-0.1, -0.05) is 12.1 Å². The van der Waals surface area contributed by atoms with Gasteiger partial charge in [-0.05, 0) is 25.3 Å². The highest BCUT2D eigenvalue weighted by atomic mass is 16.6. The van der Waals surface area contributed by atoms with Gasteiger partial charge >= 0.3 is 5.97 Å². The highest BCUT2D eigenvalue weighted by Gasteiger charge is 2.34. The lowest BCUT2D eigenvalue weighted by Crippen LogP contribution is -2.51. The van der Waals surface area contributed by atoms with Crippen molar-refractivity contribution in [3.63, 3.8) is 0 Å². The van der Waals surface area contributed by atoms with Gasteiger partial charge in [-0.3, -0.25) is 24.5 Å². The number of nitro benzene ring substituents is 1. The molecule has 3 N–H and O–H groups in total. The number of primary amides is 1. The van der Waals surface area contributed by atoms with Crippen molar-refractivity contribution in [3.05, 3.63) is 39.9 Å². The van der Waals surface area contributed by atoms with Crippen LogP contribution in [0.4, 0.5) is 5.69 Å². The van der Waals surface area contributed by atoms with Crippen molar-refractivity contribution in [1.29, 1.82) is 0 Å². The van der Waals surface area contributed by atoms with E-state index in [0.717, 1.165) is 6.42 Å². The minimum atomic E-state index is -1.21. The van der Waals surface area contributed by atoms with E-state index < -0.39 is 40.8 Å². The zero-order valence-corrected chi connectivity index (χ0v) is 15.5. The van der Waals surface area contributed by atoms with Gasteiger partial charge in [0.25, 0.3) is 5.69 Å². The summed E-state index contributed by atoms with van der Waals surface area (Å²) in [7, 11) is 0. The molecular weight excluding hydrogens is 370 g/mol. The van der Waals surface area contributed by atoms with Gasteiger partial charge in [-0.25, -0.2) is 0 Å². The normalized spacial score (nSPS) is 18.1. The summed E-state index contributed by atoms with van der Waals surface area (Å²) in [5.74, 6) is -2.75. The number of amides is 2. The predicted molar refractivity (Wildman–Crippen MR) is 97.2 cm³/mol. The molecule has 1 saturated heterocycles. The number of nitrogens with two attached hydrogens (primary N) is 1. The highest BCUT2D eigenvalue weighted by Crippen LogP contribution is 2.27. The lowest BCUT2D eigenvalue weighted by atomic mass is 9.87. The molecule has 0 unspecified atom stereocenters. The molecule has 0 saturated carbocycles. The first-order valence-electron chi connectivity index (χ1n) is 8.94. The van der Waals surface area contributed by atoms with Crippen LogP contribution in [0, 0.1) is 10.1 Å². The Bertz CT molecular complexity index is 729. The molecule has 10 nitrogen and oxygen atoms in total. The molecule has 152 valence electrons. The molecule has 1 aliphatic heterocycles. The van der Waals surface area contributed by atoms with Crippen LogP contribution < -0.4 is 11.1 Å². The summed E-state index contributed by atoms with van der Waals surface area (Å²) in [6, 6.07) is 4.16. The van der Waals surface area contributed by atoms with Crippen molar-refractivity contribution in [2.45, 2.75) is 44.2 Å². The maximum Gasteiger partial charge on any atom is 0.306 e. The average molecular weight is 393 g/mol. The zero-order valence-electron chi connectivity index (χ0n) is 15.5. The monoisotopic (exact) mass is 393 g/mol. The van der Waals surface area contributed by atoms with Crippen molar-refractivity contribution in [1.82, 2.24) is 5.32 Å². The van der Waals surface area contributed by atoms with E-state index in [4.69, 9.17) is 15.2 Å². The number of carbonyl (C=O) groups is 3. The molecule has 0 aliphatic carbocycles. The highest BCUT2D eigenvalue weighted by molar-refractivity contribution is 5.90. The average Bonchev–Trinajstić information content (AvgIpc) is 3.19. The fourth-order valence-corrected chi connectivity index (χ4v) is 3.07. The van der Waals surface area contributed by atoms with E-state index in [1.165, 1.54) is 24.3 Å². The van der Waals surface area contributed by atoms with E-state index >= 15 is 0 Å². The van der Waals surface area contributed by atoms with Gasteiger partial charge < -0.3 is 20.5 Å². The van der Waals surface area contributed by atoms with Crippen LogP contribution in [0.15, 0.2) is 24.3 Å². The molecular formula is C18H23N3O7. The standard InChI is InChI=1S/C18H23N3O7/c1-2-27-15(22)10-13(11-5-7-12(8-6-11)21(25)26)16(17(19)23)20-18(24)14-4-3-9-28-14/h5-8,13-14,16H,2-4,9-10H2,1H3,(H2,19,23)(H,20,24)/t13-,14-,16+/m0/s1. The summed E-state index contributed by atoms with van der Waals surface area (Å²) in [6.07, 6.45) is 0.345. The van der Waals surface area contributed by atoms with Crippen LogP contribution in [0.25, 0.3) is 0 Å². The third-order valence-corrected chi connectivity index (χ3v) is 4.45. The molecule has 3 atom stereocenters. The maximum absolute atomic E-state index is 12.4. The van der Waals surface area contributed by atoms with Crippen LogP contribution in [0.2, 0.25) is 0 Å². The third kappa shape index (κ3) is 5.49. The molecule has 1 aromatic carbocycles. The van der Waals surface area contributed by atoms with E-state index in [-0.39, 0.29) is 18.7 Å². The Labute approximate surface area is 161 Å². The van der Waals surface area contributed by atoms with Gasteiger partial charge in [0, 0.05) is 24.7 Å². The van der Waals surface area contributed by atoms with E-state index in [1.807, 2.05) is 0 Å². The molecule has 0 aromatic heterocycles. The number of benzene rings is 1. The quantitative estimate of drug-likeness (QED) is 0.357. The minimum absolute atomic E-state index is 0.141. The SMILES string of the molecule is CCOC(=O)C[C@@H](c1ccc([N+](=O)[O-])cc1)[C@@H](NC(=O)[C@@H]1CCCO1)C(N)=O. The number of ether oxygens (including phenoxy) is 2. The topological polar surface area (TPSA) is 151 Å². The number of nitro groups is 1. The van der Waals surface area contributed by atoms with Crippen LogP contribution in [0.5, 0.6) is 0 Å². The smallest absolute Gasteiger partial charge is 0.306 e. The van der Waals surface area contributed by atoms with Crippen LogP contribution in [-0.2, 0) is 23.9 Å². The van der Waals surface area contributed by atoms with Gasteiger partial charge in [0.05, 0.1) is 18.0 Å². The Morgan fingerprint density at radius 2 is 2.04 bits per heavy atom. The molecule has 2 rings (SSSR count). The number of hydrogen-bond donors (Lipinski definition) is 2. The van der Waals surface area contributed by atoms with Crippen LogP contribution in [0.1, 0.15) is 37.7 Å². The van der Waals surface area contributed by atoms with Crippen molar-refractivity contribution in [2.75, 3.05) is 13.2 Å². The Hall–Kier alpha value is -3.01. The largest absolute Gasteiger partial charge is 0.466 e. The minimum Gasteiger partial charge on any atom is -0.466 e. The summed E-state index contributed by atoms with van der Waals surface area (Å²) < 4.78 is 10.3. The predicted octanol–water partition coefficient (Wildman–Crippen LogP) is 0.781. The number of carbonyl (C=O) groups excluding carboxylic acids is 3. The third-order valence-electron chi connectivity index (χ3n) is 4.45. The molecule has 0 radical (unpaired) electrons. The molecule has 10 heteroatoms. The molecule has 1 aromatic rings. The van der Waals surface area contributed by atoms with Gasteiger partial charge in [0.2, 0.25) is 11.8 Å².